The van der Waals surface area contributed by atoms with Gasteiger partial charge in [0.2, 0.25) is 0 Å². The minimum Gasteiger partial charge on any atom is -0.227 e. The SMILES string of the molecule is CCc1ccc(-c2nc(Cl)c3cc(Cl)ccc3n2)s1. The molecule has 96 valence electrons. The molecule has 2 aromatic heterocycles. The van der Waals surface area contributed by atoms with E-state index in [9.17, 15) is 0 Å². The molecule has 19 heavy (non-hydrogen) atoms. The van der Waals surface area contributed by atoms with Gasteiger partial charge in [0.05, 0.1) is 10.4 Å². The highest BCUT2D eigenvalue weighted by molar-refractivity contribution is 7.15. The van der Waals surface area contributed by atoms with Crippen LogP contribution >= 0.6 is 34.5 Å². The summed E-state index contributed by atoms with van der Waals surface area (Å²) in [4.78, 5) is 11.3. The van der Waals surface area contributed by atoms with Gasteiger partial charge in [0, 0.05) is 15.3 Å². The number of fused-ring (bicyclic) bond motifs is 1. The average molecular weight is 309 g/mol. The van der Waals surface area contributed by atoms with E-state index in [1.807, 2.05) is 18.2 Å². The largest absolute Gasteiger partial charge is 0.227 e. The molecule has 5 heteroatoms. The van der Waals surface area contributed by atoms with Gasteiger partial charge in [-0.1, -0.05) is 30.1 Å². The Labute approximate surface area is 125 Å². The summed E-state index contributed by atoms with van der Waals surface area (Å²) in [5.41, 5.74) is 0.811. The number of hydrogen-bond donors (Lipinski definition) is 0. The zero-order valence-electron chi connectivity index (χ0n) is 10.2. The molecule has 0 bridgehead atoms. The van der Waals surface area contributed by atoms with Crippen LogP contribution < -0.4 is 0 Å². The fraction of sp³-hybridized carbons (Fsp3) is 0.143. The normalized spacial score (nSPS) is 11.1. The molecule has 0 N–H and O–H groups in total. The van der Waals surface area contributed by atoms with Crippen molar-refractivity contribution in [2.24, 2.45) is 0 Å². The Morgan fingerprint density at radius 3 is 2.68 bits per heavy atom. The Morgan fingerprint density at radius 1 is 1.11 bits per heavy atom. The van der Waals surface area contributed by atoms with E-state index in [0.717, 1.165) is 22.2 Å². The second kappa shape index (κ2) is 5.08. The first-order valence-corrected chi connectivity index (χ1v) is 7.46. The second-order valence-electron chi connectivity index (χ2n) is 4.12. The summed E-state index contributed by atoms with van der Waals surface area (Å²) >= 11 is 13.9. The standard InChI is InChI=1S/C14H10Cl2N2S/c1-2-9-4-6-12(19-9)14-17-11-5-3-8(15)7-10(11)13(16)18-14/h3-7H,2H2,1H3. The van der Waals surface area contributed by atoms with Gasteiger partial charge in [-0.3, -0.25) is 0 Å². The number of aryl methyl sites for hydroxylation is 1. The Bertz CT molecular complexity index is 752. The van der Waals surface area contributed by atoms with E-state index >= 15 is 0 Å². The number of rotatable bonds is 2. The minimum absolute atomic E-state index is 0.439. The number of hydrogen-bond acceptors (Lipinski definition) is 3. The molecule has 0 saturated carbocycles. The quantitative estimate of drug-likeness (QED) is 0.606. The molecule has 0 aliphatic heterocycles. The first-order valence-electron chi connectivity index (χ1n) is 5.89. The van der Waals surface area contributed by atoms with E-state index in [1.165, 1.54) is 4.88 Å². The summed E-state index contributed by atoms with van der Waals surface area (Å²) in [5.74, 6) is 0.671. The maximum absolute atomic E-state index is 6.22. The van der Waals surface area contributed by atoms with Crippen LogP contribution in [-0.4, -0.2) is 9.97 Å². The number of aromatic nitrogens is 2. The van der Waals surface area contributed by atoms with Gasteiger partial charge in [0.25, 0.3) is 0 Å². The van der Waals surface area contributed by atoms with Crippen molar-refractivity contribution in [2.75, 3.05) is 0 Å². The number of thiophene rings is 1. The molecule has 2 nitrogen and oxygen atoms in total. The van der Waals surface area contributed by atoms with E-state index in [4.69, 9.17) is 23.2 Å². The van der Waals surface area contributed by atoms with Gasteiger partial charge in [-0.2, -0.15) is 0 Å². The van der Waals surface area contributed by atoms with Crippen molar-refractivity contribution in [2.45, 2.75) is 13.3 Å². The van der Waals surface area contributed by atoms with Crippen LogP contribution in [0.5, 0.6) is 0 Å². The molecule has 3 aromatic rings. The van der Waals surface area contributed by atoms with Gasteiger partial charge >= 0.3 is 0 Å². The molecular weight excluding hydrogens is 299 g/mol. The Morgan fingerprint density at radius 2 is 1.95 bits per heavy atom. The van der Waals surface area contributed by atoms with Crippen LogP contribution in [-0.2, 0) is 6.42 Å². The van der Waals surface area contributed by atoms with Crippen molar-refractivity contribution in [1.29, 1.82) is 0 Å². The van der Waals surface area contributed by atoms with E-state index in [-0.39, 0.29) is 0 Å². The monoisotopic (exact) mass is 308 g/mol. The van der Waals surface area contributed by atoms with E-state index < -0.39 is 0 Å². The fourth-order valence-electron chi connectivity index (χ4n) is 1.86. The topological polar surface area (TPSA) is 25.8 Å². The van der Waals surface area contributed by atoms with Gasteiger partial charge in [-0.05, 0) is 36.8 Å². The molecule has 0 aliphatic carbocycles. The van der Waals surface area contributed by atoms with Crippen molar-refractivity contribution in [3.63, 3.8) is 0 Å². The van der Waals surface area contributed by atoms with Gasteiger partial charge in [0.15, 0.2) is 5.82 Å². The van der Waals surface area contributed by atoms with Crippen LogP contribution in [0.2, 0.25) is 10.2 Å². The molecule has 0 radical (unpaired) electrons. The zero-order chi connectivity index (χ0) is 13.4. The highest BCUT2D eigenvalue weighted by Gasteiger charge is 2.10. The predicted octanol–water partition coefficient (Wildman–Crippen LogP) is 5.23. The molecule has 2 heterocycles. The van der Waals surface area contributed by atoms with Gasteiger partial charge < -0.3 is 0 Å². The third-order valence-electron chi connectivity index (χ3n) is 2.84. The van der Waals surface area contributed by atoms with E-state index in [2.05, 4.69) is 23.0 Å². The van der Waals surface area contributed by atoms with Crippen molar-refractivity contribution in [3.05, 3.63) is 45.4 Å². The summed E-state index contributed by atoms with van der Waals surface area (Å²) < 4.78 is 0. The molecule has 0 amide bonds. The fourth-order valence-corrected chi connectivity index (χ4v) is 3.15. The summed E-state index contributed by atoms with van der Waals surface area (Å²) in [6.45, 7) is 2.13. The third kappa shape index (κ3) is 2.46. The summed E-state index contributed by atoms with van der Waals surface area (Å²) in [6, 6.07) is 9.60. The van der Waals surface area contributed by atoms with Gasteiger partial charge in [0.1, 0.15) is 5.15 Å². The third-order valence-corrected chi connectivity index (χ3v) is 4.59. The van der Waals surface area contributed by atoms with E-state index in [0.29, 0.717) is 16.0 Å². The average Bonchev–Trinajstić information content (AvgIpc) is 2.88. The molecule has 3 rings (SSSR count). The molecule has 0 spiro atoms. The predicted molar refractivity (Wildman–Crippen MR) is 82.2 cm³/mol. The summed E-state index contributed by atoms with van der Waals surface area (Å²) in [6.07, 6.45) is 1.02. The van der Waals surface area contributed by atoms with Crippen molar-refractivity contribution in [1.82, 2.24) is 9.97 Å². The lowest BCUT2D eigenvalue weighted by atomic mass is 10.2. The van der Waals surface area contributed by atoms with Crippen LogP contribution in [0, 0.1) is 0 Å². The van der Waals surface area contributed by atoms with E-state index in [1.54, 1.807) is 17.4 Å². The Balaban J connectivity index is 2.17. The highest BCUT2D eigenvalue weighted by atomic mass is 35.5. The molecule has 0 unspecified atom stereocenters. The molecular formula is C14H10Cl2N2S. The first-order chi connectivity index (χ1) is 9.17. The van der Waals surface area contributed by atoms with Crippen molar-refractivity contribution < 1.29 is 0 Å². The smallest absolute Gasteiger partial charge is 0.171 e. The van der Waals surface area contributed by atoms with Crippen molar-refractivity contribution >= 4 is 45.4 Å². The van der Waals surface area contributed by atoms with Gasteiger partial charge in [-0.25, -0.2) is 9.97 Å². The molecule has 0 saturated heterocycles. The summed E-state index contributed by atoms with van der Waals surface area (Å²) in [7, 11) is 0. The lowest BCUT2D eigenvalue weighted by molar-refractivity contribution is 1.19. The lowest BCUT2D eigenvalue weighted by Gasteiger charge is -2.03. The molecule has 0 atom stereocenters. The van der Waals surface area contributed by atoms with Crippen LogP contribution in [0.3, 0.4) is 0 Å². The Hall–Kier alpha value is -1.16. The lowest BCUT2D eigenvalue weighted by Crippen LogP contribution is -1.90. The van der Waals surface area contributed by atoms with Crippen LogP contribution in [0.25, 0.3) is 21.6 Å². The first kappa shape index (κ1) is 12.9. The number of nitrogens with zero attached hydrogens (tertiary/aromatic N) is 2. The minimum atomic E-state index is 0.439. The maximum atomic E-state index is 6.22. The van der Waals surface area contributed by atoms with Crippen LogP contribution in [0.15, 0.2) is 30.3 Å². The highest BCUT2D eigenvalue weighted by Crippen LogP contribution is 2.30. The van der Waals surface area contributed by atoms with Crippen molar-refractivity contribution in [3.8, 4) is 10.7 Å². The van der Waals surface area contributed by atoms with Crippen LogP contribution in [0.4, 0.5) is 0 Å². The maximum Gasteiger partial charge on any atom is 0.171 e. The van der Waals surface area contributed by atoms with Crippen LogP contribution in [0.1, 0.15) is 11.8 Å². The molecule has 0 aliphatic rings. The molecule has 1 aromatic carbocycles. The number of halogens is 2. The number of benzene rings is 1. The molecule has 0 fully saturated rings. The summed E-state index contributed by atoms with van der Waals surface area (Å²) in [5, 5.41) is 1.86. The Kier molecular flexibility index (Phi) is 3.44. The van der Waals surface area contributed by atoms with Gasteiger partial charge in [-0.15, -0.1) is 11.3 Å². The zero-order valence-corrected chi connectivity index (χ0v) is 12.5. The second-order valence-corrected chi connectivity index (χ2v) is 6.08.